The van der Waals surface area contributed by atoms with E-state index in [4.69, 9.17) is 5.11 Å². The summed E-state index contributed by atoms with van der Waals surface area (Å²) in [7, 11) is 0. The van der Waals surface area contributed by atoms with E-state index in [1.165, 1.54) is 11.0 Å². The summed E-state index contributed by atoms with van der Waals surface area (Å²) in [4.78, 5) is 22.7. The van der Waals surface area contributed by atoms with E-state index in [1.807, 2.05) is 0 Å². The van der Waals surface area contributed by atoms with Crippen LogP contribution in [0.1, 0.15) is 12.8 Å². The second kappa shape index (κ2) is 4.59. The standard InChI is InChI=1S/C11H11FN2O4/c12-7-3-4-8(10(6-7)14(17)18)13-5-1-2-9(13)11(15)16/h3-4,6,9H,1-2,5H2,(H,15,16)/t9-/m0/s1. The Balaban J connectivity index is 2.44. The van der Waals surface area contributed by atoms with Gasteiger partial charge in [0.25, 0.3) is 5.69 Å². The molecule has 0 aromatic heterocycles. The molecule has 0 aliphatic carbocycles. The van der Waals surface area contributed by atoms with Crippen LogP contribution in [0.5, 0.6) is 0 Å². The molecule has 1 atom stereocenters. The number of hydrogen-bond donors (Lipinski definition) is 1. The number of hydrogen-bond acceptors (Lipinski definition) is 4. The van der Waals surface area contributed by atoms with Gasteiger partial charge in [0, 0.05) is 6.54 Å². The van der Waals surface area contributed by atoms with E-state index in [9.17, 15) is 19.3 Å². The van der Waals surface area contributed by atoms with E-state index in [-0.39, 0.29) is 5.69 Å². The first-order valence-electron chi connectivity index (χ1n) is 5.44. The van der Waals surface area contributed by atoms with Gasteiger partial charge in [0.15, 0.2) is 0 Å². The average molecular weight is 254 g/mol. The molecule has 1 aromatic carbocycles. The van der Waals surface area contributed by atoms with Crippen molar-refractivity contribution < 1.29 is 19.2 Å². The van der Waals surface area contributed by atoms with Gasteiger partial charge in [-0.05, 0) is 25.0 Å². The zero-order chi connectivity index (χ0) is 13.3. The number of nitro groups is 1. The topological polar surface area (TPSA) is 83.7 Å². The number of carbonyl (C=O) groups is 1. The zero-order valence-electron chi connectivity index (χ0n) is 9.38. The molecule has 1 saturated heterocycles. The maximum Gasteiger partial charge on any atom is 0.326 e. The molecule has 2 rings (SSSR count). The Morgan fingerprint density at radius 1 is 1.56 bits per heavy atom. The van der Waals surface area contributed by atoms with E-state index < -0.39 is 28.4 Å². The number of aliphatic carboxylic acids is 1. The zero-order valence-corrected chi connectivity index (χ0v) is 9.38. The molecule has 0 spiro atoms. The van der Waals surface area contributed by atoms with Gasteiger partial charge in [0.1, 0.15) is 17.5 Å². The van der Waals surface area contributed by atoms with Gasteiger partial charge < -0.3 is 10.0 Å². The lowest BCUT2D eigenvalue weighted by atomic mass is 10.2. The van der Waals surface area contributed by atoms with Crippen molar-refractivity contribution in [2.24, 2.45) is 0 Å². The van der Waals surface area contributed by atoms with Gasteiger partial charge in [-0.3, -0.25) is 10.1 Å². The third-order valence-electron chi connectivity index (χ3n) is 2.98. The Morgan fingerprint density at radius 3 is 2.89 bits per heavy atom. The third-order valence-corrected chi connectivity index (χ3v) is 2.98. The number of nitro benzene ring substituents is 1. The normalized spacial score (nSPS) is 18.9. The second-order valence-electron chi connectivity index (χ2n) is 4.08. The molecular formula is C11H11FN2O4. The van der Waals surface area contributed by atoms with Crippen molar-refractivity contribution >= 4 is 17.3 Å². The third kappa shape index (κ3) is 2.11. The highest BCUT2D eigenvalue weighted by atomic mass is 19.1. The molecule has 18 heavy (non-hydrogen) atoms. The van der Waals surface area contributed by atoms with Gasteiger partial charge in [0.2, 0.25) is 0 Å². The molecule has 1 aliphatic heterocycles. The number of rotatable bonds is 3. The molecule has 1 heterocycles. The predicted octanol–water partition coefficient (Wildman–Crippen LogP) is 1.79. The van der Waals surface area contributed by atoms with Crippen molar-refractivity contribution in [1.29, 1.82) is 0 Å². The molecule has 0 saturated carbocycles. The summed E-state index contributed by atoms with van der Waals surface area (Å²) in [5.41, 5.74) is -0.241. The van der Waals surface area contributed by atoms with Crippen LogP contribution < -0.4 is 4.90 Å². The minimum atomic E-state index is -1.02. The fraction of sp³-hybridized carbons (Fsp3) is 0.364. The Hall–Kier alpha value is -2.18. The maximum absolute atomic E-state index is 13.0. The maximum atomic E-state index is 13.0. The summed E-state index contributed by atoms with van der Waals surface area (Å²) in [6.45, 7) is 0.420. The van der Waals surface area contributed by atoms with Crippen LogP contribution in [0.3, 0.4) is 0 Å². The van der Waals surface area contributed by atoms with Gasteiger partial charge in [-0.25, -0.2) is 9.18 Å². The number of carboxylic acid groups (broad SMARTS) is 1. The number of halogens is 1. The van der Waals surface area contributed by atoms with E-state index in [1.54, 1.807) is 0 Å². The molecule has 1 aromatic rings. The first kappa shape index (κ1) is 12.3. The van der Waals surface area contributed by atoms with Crippen molar-refractivity contribution in [2.75, 3.05) is 11.4 Å². The van der Waals surface area contributed by atoms with E-state index in [0.29, 0.717) is 19.4 Å². The average Bonchev–Trinajstić information content (AvgIpc) is 2.77. The Labute approximate surface area is 102 Å². The van der Waals surface area contributed by atoms with Gasteiger partial charge in [-0.2, -0.15) is 0 Å². The van der Waals surface area contributed by atoms with E-state index >= 15 is 0 Å². The minimum Gasteiger partial charge on any atom is -0.480 e. The molecule has 0 bridgehead atoms. The SMILES string of the molecule is O=C(O)[C@@H]1CCCN1c1ccc(F)cc1[N+](=O)[O-]. The molecule has 0 unspecified atom stereocenters. The lowest BCUT2D eigenvalue weighted by Crippen LogP contribution is -2.36. The Bertz CT molecular complexity index is 506. The Morgan fingerprint density at radius 2 is 2.28 bits per heavy atom. The number of anilines is 1. The fourth-order valence-electron chi connectivity index (χ4n) is 2.20. The molecular weight excluding hydrogens is 243 g/mol. The van der Waals surface area contributed by atoms with Crippen molar-refractivity contribution in [2.45, 2.75) is 18.9 Å². The Kier molecular flexibility index (Phi) is 3.14. The fourth-order valence-corrected chi connectivity index (χ4v) is 2.20. The van der Waals surface area contributed by atoms with Gasteiger partial charge in [-0.1, -0.05) is 0 Å². The van der Waals surface area contributed by atoms with Crippen LogP contribution in [0.15, 0.2) is 18.2 Å². The first-order valence-corrected chi connectivity index (χ1v) is 5.44. The van der Waals surface area contributed by atoms with Crippen LogP contribution in [0.4, 0.5) is 15.8 Å². The lowest BCUT2D eigenvalue weighted by Gasteiger charge is -2.23. The van der Waals surface area contributed by atoms with Crippen LogP contribution in [0, 0.1) is 15.9 Å². The molecule has 96 valence electrons. The highest BCUT2D eigenvalue weighted by Gasteiger charge is 2.34. The molecule has 6 nitrogen and oxygen atoms in total. The summed E-state index contributed by atoms with van der Waals surface area (Å²) in [5.74, 6) is -1.73. The van der Waals surface area contributed by atoms with Crippen LogP contribution in [0.2, 0.25) is 0 Å². The van der Waals surface area contributed by atoms with Gasteiger partial charge >= 0.3 is 5.97 Å². The van der Waals surface area contributed by atoms with E-state index in [0.717, 1.165) is 12.1 Å². The number of carboxylic acids is 1. The van der Waals surface area contributed by atoms with Crippen molar-refractivity contribution in [3.05, 3.63) is 34.1 Å². The van der Waals surface area contributed by atoms with Crippen LogP contribution in [0.25, 0.3) is 0 Å². The quantitative estimate of drug-likeness (QED) is 0.656. The van der Waals surface area contributed by atoms with Crippen LogP contribution in [-0.4, -0.2) is 28.6 Å². The van der Waals surface area contributed by atoms with Crippen molar-refractivity contribution in [3.8, 4) is 0 Å². The highest BCUT2D eigenvalue weighted by Crippen LogP contribution is 2.34. The van der Waals surface area contributed by atoms with Crippen molar-refractivity contribution in [1.82, 2.24) is 0 Å². The summed E-state index contributed by atoms with van der Waals surface area (Å²) in [6.07, 6.45) is 1.08. The highest BCUT2D eigenvalue weighted by molar-refractivity contribution is 5.80. The molecule has 0 radical (unpaired) electrons. The molecule has 1 fully saturated rings. The second-order valence-corrected chi connectivity index (χ2v) is 4.08. The molecule has 7 heteroatoms. The van der Waals surface area contributed by atoms with Gasteiger partial charge in [0.05, 0.1) is 11.0 Å². The minimum absolute atomic E-state index is 0.159. The van der Waals surface area contributed by atoms with E-state index in [2.05, 4.69) is 0 Å². The molecule has 1 N–H and O–H groups in total. The lowest BCUT2D eigenvalue weighted by molar-refractivity contribution is -0.384. The summed E-state index contributed by atoms with van der Waals surface area (Å²) in [5, 5.41) is 19.9. The number of nitrogens with zero attached hydrogens (tertiary/aromatic N) is 2. The van der Waals surface area contributed by atoms with Gasteiger partial charge in [-0.15, -0.1) is 0 Å². The molecule has 1 aliphatic rings. The number of benzene rings is 1. The predicted molar refractivity (Wildman–Crippen MR) is 61.1 cm³/mol. The summed E-state index contributed by atoms with van der Waals surface area (Å²) < 4.78 is 13.0. The van der Waals surface area contributed by atoms with Crippen molar-refractivity contribution in [3.63, 3.8) is 0 Å². The summed E-state index contributed by atoms with van der Waals surface area (Å²) >= 11 is 0. The smallest absolute Gasteiger partial charge is 0.326 e. The molecule has 0 amide bonds. The summed E-state index contributed by atoms with van der Waals surface area (Å²) in [6, 6.07) is 2.38. The van der Waals surface area contributed by atoms with Crippen LogP contribution >= 0.6 is 0 Å². The van der Waals surface area contributed by atoms with Crippen LogP contribution in [-0.2, 0) is 4.79 Å². The largest absolute Gasteiger partial charge is 0.480 e. The monoisotopic (exact) mass is 254 g/mol. The first-order chi connectivity index (χ1) is 8.50.